The zero-order chi connectivity index (χ0) is 12.3. The van der Waals surface area contributed by atoms with E-state index in [4.69, 9.17) is 11.6 Å². The maximum Gasteiger partial charge on any atom is 0.254 e. The molecule has 0 atom stereocenters. The van der Waals surface area contributed by atoms with Gasteiger partial charge < -0.3 is 5.32 Å². The Morgan fingerprint density at radius 1 is 1.59 bits per heavy atom. The van der Waals surface area contributed by atoms with Crippen molar-refractivity contribution in [2.45, 2.75) is 19.3 Å². The number of carbonyl (C=O) groups is 1. The molecule has 3 nitrogen and oxygen atoms in total. The lowest BCUT2D eigenvalue weighted by atomic mass is 10.0. The third-order valence-electron chi connectivity index (χ3n) is 3.22. The highest BCUT2D eigenvalue weighted by Gasteiger charge is 2.41. The van der Waals surface area contributed by atoms with E-state index < -0.39 is 5.82 Å². The van der Waals surface area contributed by atoms with Crippen molar-refractivity contribution in [3.8, 4) is 0 Å². The van der Waals surface area contributed by atoms with Crippen LogP contribution in [0.5, 0.6) is 0 Å². The zero-order valence-electron chi connectivity index (χ0n) is 9.38. The lowest BCUT2D eigenvalue weighted by molar-refractivity contribution is 0.0940. The van der Waals surface area contributed by atoms with Crippen molar-refractivity contribution < 1.29 is 9.18 Å². The third-order valence-corrected chi connectivity index (χ3v) is 3.41. The van der Waals surface area contributed by atoms with Gasteiger partial charge in [0.25, 0.3) is 5.91 Å². The number of nitrogens with zero attached hydrogens (tertiary/aromatic N) is 1. The molecule has 0 aromatic carbocycles. The topological polar surface area (TPSA) is 42.0 Å². The van der Waals surface area contributed by atoms with Crippen LogP contribution in [0.2, 0.25) is 0 Å². The number of halogens is 2. The maximum absolute atomic E-state index is 13.3. The molecule has 0 unspecified atom stereocenters. The predicted molar refractivity (Wildman–Crippen MR) is 63.5 cm³/mol. The predicted octanol–water partition coefficient (Wildman–Crippen LogP) is 2.36. The number of rotatable bonds is 5. The summed E-state index contributed by atoms with van der Waals surface area (Å²) in [5, 5.41) is 2.76. The molecule has 0 aliphatic heterocycles. The number of aromatic nitrogens is 1. The molecule has 0 spiro atoms. The highest BCUT2D eigenvalue weighted by molar-refractivity contribution is 6.17. The van der Waals surface area contributed by atoms with Crippen LogP contribution in [0.1, 0.15) is 29.6 Å². The summed E-state index contributed by atoms with van der Waals surface area (Å²) < 4.78 is 13.3. The molecule has 5 heteroatoms. The first-order valence-corrected chi connectivity index (χ1v) is 6.14. The van der Waals surface area contributed by atoms with Crippen molar-refractivity contribution in [3.05, 3.63) is 29.8 Å². The van der Waals surface area contributed by atoms with Crippen LogP contribution in [0.25, 0.3) is 0 Å². The third kappa shape index (κ3) is 2.94. The number of pyridine rings is 1. The molecule has 1 amide bonds. The average Bonchev–Trinajstić information content (AvgIpc) is 3.08. The first-order valence-electron chi connectivity index (χ1n) is 5.61. The van der Waals surface area contributed by atoms with Crippen molar-refractivity contribution in [2.75, 3.05) is 12.4 Å². The van der Waals surface area contributed by atoms with Gasteiger partial charge in [-0.15, -0.1) is 11.6 Å². The van der Waals surface area contributed by atoms with E-state index in [1.165, 1.54) is 12.3 Å². The van der Waals surface area contributed by atoms with E-state index in [2.05, 4.69) is 10.3 Å². The van der Waals surface area contributed by atoms with E-state index in [0.29, 0.717) is 12.4 Å². The minimum absolute atomic E-state index is 0.0432. The Hall–Kier alpha value is -1.16. The number of nitrogens with one attached hydrogen (secondary N) is 1. The van der Waals surface area contributed by atoms with Crippen molar-refractivity contribution in [1.82, 2.24) is 10.3 Å². The summed E-state index contributed by atoms with van der Waals surface area (Å²) >= 11 is 5.70. The average molecular weight is 257 g/mol. The molecule has 1 aliphatic carbocycles. The summed E-state index contributed by atoms with van der Waals surface area (Å²) in [6.07, 6.45) is 5.51. The van der Waals surface area contributed by atoms with Gasteiger partial charge in [-0.1, -0.05) is 0 Å². The smallest absolute Gasteiger partial charge is 0.254 e. The summed E-state index contributed by atoms with van der Waals surface area (Å²) in [6.45, 7) is 0.570. The van der Waals surface area contributed by atoms with Gasteiger partial charge in [-0.3, -0.25) is 9.78 Å². The van der Waals surface area contributed by atoms with Crippen molar-refractivity contribution in [1.29, 1.82) is 0 Å². The highest BCUT2D eigenvalue weighted by Crippen LogP contribution is 2.48. The Bertz CT molecular complexity index is 421. The number of alkyl halides is 1. The SMILES string of the molecule is O=C(NCC1(CCCl)CC1)c1ccncc1F. The maximum atomic E-state index is 13.3. The Kier molecular flexibility index (Phi) is 3.62. The fourth-order valence-corrected chi connectivity index (χ4v) is 2.22. The van der Waals surface area contributed by atoms with Gasteiger partial charge in [0, 0.05) is 18.6 Å². The molecule has 1 aromatic rings. The van der Waals surface area contributed by atoms with Crippen molar-refractivity contribution >= 4 is 17.5 Å². The van der Waals surface area contributed by atoms with Crippen LogP contribution in [-0.4, -0.2) is 23.3 Å². The Balaban J connectivity index is 1.92. The van der Waals surface area contributed by atoms with Crippen LogP contribution < -0.4 is 5.32 Å². The van der Waals surface area contributed by atoms with Crippen LogP contribution in [0.15, 0.2) is 18.5 Å². The van der Waals surface area contributed by atoms with E-state index in [1.54, 1.807) is 0 Å². The molecule has 92 valence electrons. The standard InChI is InChI=1S/C12H14ClFN2O/c13-5-4-12(2-3-12)8-16-11(17)9-1-6-15-7-10(9)14/h1,6-7H,2-5,8H2,(H,16,17). The summed E-state index contributed by atoms with van der Waals surface area (Å²) in [5.41, 5.74) is 0.197. The Labute approximate surface area is 104 Å². The van der Waals surface area contributed by atoms with Crippen LogP contribution >= 0.6 is 11.6 Å². The molecule has 1 aliphatic rings. The lowest BCUT2D eigenvalue weighted by Gasteiger charge is -2.14. The molecule has 1 saturated carbocycles. The van der Waals surface area contributed by atoms with Crippen LogP contribution in [-0.2, 0) is 0 Å². The number of carbonyl (C=O) groups excluding carboxylic acids is 1. The van der Waals surface area contributed by atoms with Gasteiger partial charge in [-0.25, -0.2) is 4.39 Å². The quantitative estimate of drug-likeness (QED) is 0.822. The number of hydrogen-bond donors (Lipinski definition) is 1. The minimum atomic E-state index is -0.591. The fraction of sp³-hybridized carbons (Fsp3) is 0.500. The molecule has 0 bridgehead atoms. The molecule has 1 heterocycles. The fourth-order valence-electron chi connectivity index (χ4n) is 1.81. The molecule has 0 radical (unpaired) electrons. The van der Waals surface area contributed by atoms with E-state index >= 15 is 0 Å². The first-order chi connectivity index (χ1) is 8.17. The second-order valence-electron chi connectivity index (χ2n) is 4.48. The van der Waals surface area contributed by atoms with Gasteiger partial charge in [0.15, 0.2) is 5.82 Å². The summed E-state index contributed by atoms with van der Waals surface area (Å²) in [5.74, 6) is -0.377. The van der Waals surface area contributed by atoms with Gasteiger partial charge in [0.1, 0.15) is 0 Å². The van der Waals surface area contributed by atoms with Crippen molar-refractivity contribution in [3.63, 3.8) is 0 Å². The molecule has 1 N–H and O–H groups in total. The summed E-state index contributed by atoms with van der Waals surface area (Å²) in [4.78, 5) is 15.3. The van der Waals surface area contributed by atoms with Gasteiger partial charge >= 0.3 is 0 Å². The molecule has 2 rings (SSSR count). The molecule has 0 saturated heterocycles. The number of amides is 1. The normalized spacial score (nSPS) is 16.6. The van der Waals surface area contributed by atoms with Crippen LogP contribution in [0.3, 0.4) is 0 Å². The van der Waals surface area contributed by atoms with E-state index in [1.807, 2.05) is 0 Å². The molecule has 1 aromatic heterocycles. The largest absolute Gasteiger partial charge is 0.351 e. The molecular weight excluding hydrogens is 243 g/mol. The van der Waals surface area contributed by atoms with Gasteiger partial charge in [0.05, 0.1) is 11.8 Å². The Morgan fingerprint density at radius 3 is 2.94 bits per heavy atom. The zero-order valence-corrected chi connectivity index (χ0v) is 10.1. The summed E-state index contributed by atoms with van der Waals surface area (Å²) in [7, 11) is 0. The van der Waals surface area contributed by atoms with Crippen LogP contribution in [0.4, 0.5) is 4.39 Å². The van der Waals surface area contributed by atoms with Crippen molar-refractivity contribution in [2.24, 2.45) is 5.41 Å². The highest BCUT2D eigenvalue weighted by atomic mass is 35.5. The monoisotopic (exact) mass is 256 g/mol. The van der Waals surface area contributed by atoms with E-state index in [0.717, 1.165) is 25.5 Å². The van der Waals surface area contributed by atoms with E-state index in [9.17, 15) is 9.18 Å². The van der Waals surface area contributed by atoms with Crippen LogP contribution in [0, 0.1) is 11.2 Å². The molecular formula is C12H14ClFN2O. The Morgan fingerprint density at radius 2 is 2.35 bits per heavy atom. The number of hydrogen-bond acceptors (Lipinski definition) is 2. The van der Waals surface area contributed by atoms with Gasteiger partial charge in [0.2, 0.25) is 0 Å². The minimum Gasteiger partial charge on any atom is -0.351 e. The van der Waals surface area contributed by atoms with E-state index in [-0.39, 0.29) is 16.9 Å². The van der Waals surface area contributed by atoms with Gasteiger partial charge in [-0.05, 0) is 30.7 Å². The molecule has 17 heavy (non-hydrogen) atoms. The summed E-state index contributed by atoms with van der Waals surface area (Å²) in [6, 6.07) is 1.38. The lowest BCUT2D eigenvalue weighted by Crippen LogP contribution is -2.31. The second-order valence-corrected chi connectivity index (χ2v) is 4.86. The molecule has 1 fully saturated rings. The van der Waals surface area contributed by atoms with Gasteiger partial charge in [-0.2, -0.15) is 0 Å². The second kappa shape index (κ2) is 5.00. The first kappa shape index (κ1) is 12.3.